The number of alkyl halides is 2. The van der Waals surface area contributed by atoms with Gasteiger partial charge in [-0.1, -0.05) is 11.8 Å². The molecule has 0 spiro atoms. The summed E-state index contributed by atoms with van der Waals surface area (Å²) in [6, 6.07) is 8.89. The van der Waals surface area contributed by atoms with Crippen molar-refractivity contribution in [1.29, 1.82) is 0 Å². The zero-order valence-electron chi connectivity index (χ0n) is 18.6. The SMILES string of the molecule is CNC(=O)NC(C)(C(F)F)[C@H](NC(=O)c1ccc(C#CC#Cc2ccc(O)cc2)cc1)C(=O)NO. The number of carbonyl (C=O) groups is 3. The molecule has 0 radical (unpaired) electrons. The number of aromatic hydroxyl groups is 1. The molecule has 9 nitrogen and oxygen atoms in total. The van der Waals surface area contributed by atoms with Crippen molar-refractivity contribution in [3.63, 3.8) is 0 Å². The highest BCUT2D eigenvalue weighted by Gasteiger charge is 2.48. The van der Waals surface area contributed by atoms with Crippen molar-refractivity contribution in [3.05, 3.63) is 65.2 Å². The largest absolute Gasteiger partial charge is 0.508 e. The number of hydrogen-bond donors (Lipinski definition) is 6. The van der Waals surface area contributed by atoms with Crippen LogP contribution in [0.1, 0.15) is 28.4 Å². The lowest BCUT2D eigenvalue weighted by atomic mass is 9.91. The predicted molar refractivity (Wildman–Crippen MR) is 121 cm³/mol. The van der Waals surface area contributed by atoms with Gasteiger partial charge in [0.05, 0.1) is 0 Å². The Hall–Kier alpha value is -4.61. The van der Waals surface area contributed by atoms with E-state index >= 15 is 0 Å². The number of nitrogens with one attached hydrogen (secondary N) is 4. The molecule has 2 atom stereocenters. The van der Waals surface area contributed by atoms with Crippen LogP contribution in [0.2, 0.25) is 0 Å². The van der Waals surface area contributed by atoms with Gasteiger partial charge in [0.25, 0.3) is 18.2 Å². The molecule has 0 bridgehead atoms. The van der Waals surface area contributed by atoms with Gasteiger partial charge in [-0.05, 0) is 67.3 Å². The van der Waals surface area contributed by atoms with E-state index in [9.17, 15) is 28.3 Å². The van der Waals surface area contributed by atoms with Crippen LogP contribution in [-0.2, 0) is 4.79 Å². The Morgan fingerprint density at radius 2 is 1.46 bits per heavy atom. The van der Waals surface area contributed by atoms with Gasteiger partial charge in [0.15, 0.2) is 0 Å². The minimum absolute atomic E-state index is 0.0121. The Kier molecular flexibility index (Phi) is 9.15. The van der Waals surface area contributed by atoms with Crippen molar-refractivity contribution < 1.29 is 33.5 Å². The van der Waals surface area contributed by atoms with E-state index < -0.39 is 35.9 Å². The molecule has 2 rings (SSSR count). The van der Waals surface area contributed by atoms with E-state index in [4.69, 9.17) is 5.21 Å². The van der Waals surface area contributed by atoms with Crippen LogP contribution in [-0.4, -0.2) is 53.2 Å². The first-order valence-corrected chi connectivity index (χ1v) is 10.0. The first-order chi connectivity index (χ1) is 16.6. The Balaban J connectivity index is 2.18. The molecule has 35 heavy (non-hydrogen) atoms. The standard InChI is InChI=1S/C24H22F2N4O5/c1-24(22(25)26,29-23(34)27-2)19(21(33)30-35)28-20(32)17-11-7-15(8-12-17)5-3-4-6-16-9-13-18(31)14-10-16/h7-14,19,22,31,35H,1-2H3,(H,28,32)(H,30,33)(H2,27,29,34)/t19-,24?/m1/s1. The first kappa shape index (κ1) is 26.6. The van der Waals surface area contributed by atoms with E-state index in [2.05, 4.69) is 34.3 Å². The van der Waals surface area contributed by atoms with Gasteiger partial charge >= 0.3 is 6.03 Å². The van der Waals surface area contributed by atoms with Gasteiger partial charge in [0, 0.05) is 23.7 Å². The lowest BCUT2D eigenvalue weighted by molar-refractivity contribution is -0.135. The van der Waals surface area contributed by atoms with Gasteiger partial charge < -0.3 is 21.1 Å². The van der Waals surface area contributed by atoms with Gasteiger partial charge in [-0.15, -0.1) is 0 Å². The van der Waals surface area contributed by atoms with E-state index in [0.717, 1.165) is 6.92 Å². The molecule has 0 aliphatic heterocycles. The number of urea groups is 1. The lowest BCUT2D eigenvalue weighted by Gasteiger charge is -2.36. The van der Waals surface area contributed by atoms with Gasteiger partial charge in [-0.2, -0.15) is 0 Å². The third-order valence-electron chi connectivity index (χ3n) is 4.80. The van der Waals surface area contributed by atoms with Crippen LogP contribution in [0.4, 0.5) is 13.6 Å². The summed E-state index contributed by atoms with van der Waals surface area (Å²) in [5.41, 5.74) is -0.151. The van der Waals surface area contributed by atoms with Gasteiger partial charge in [-0.3, -0.25) is 14.8 Å². The molecule has 6 N–H and O–H groups in total. The third kappa shape index (κ3) is 7.19. The topological polar surface area (TPSA) is 140 Å². The minimum Gasteiger partial charge on any atom is -0.508 e. The molecule has 4 amide bonds. The summed E-state index contributed by atoms with van der Waals surface area (Å²) in [5.74, 6) is 8.72. The van der Waals surface area contributed by atoms with Crippen LogP contribution in [0.3, 0.4) is 0 Å². The first-order valence-electron chi connectivity index (χ1n) is 10.0. The Morgan fingerprint density at radius 3 is 1.91 bits per heavy atom. The highest BCUT2D eigenvalue weighted by Crippen LogP contribution is 2.21. The Bertz CT molecular complexity index is 1190. The number of benzene rings is 2. The number of hydrogen-bond acceptors (Lipinski definition) is 5. The maximum atomic E-state index is 13.8. The van der Waals surface area contributed by atoms with Crippen LogP contribution in [0.15, 0.2) is 48.5 Å². The van der Waals surface area contributed by atoms with E-state index in [0.29, 0.717) is 11.1 Å². The fourth-order valence-electron chi connectivity index (χ4n) is 2.78. The molecule has 0 saturated heterocycles. The number of phenolic OH excluding ortho intramolecular Hbond substituents is 1. The second-order valence-corrected chi connectivity index (χ2v) is 7.29. The molecule has 0 saturated carbocycles. The molecule has 0 fully saturated rings. The molecule has 0 aliphatic carbocycles. The summed E-state index contributed by atoms with van der Waals surface area (Å²) in [7, 11) is 1.18. The summed E-state index contributed by atoms with van der Waals surface area (Å²) < 4.78 is 27.6. The fourth-order valence-corrected chi connectivity index (χ4v) is 2.78. The predicted octanol–water partition coefficient (Wildman–Crippen LogP) is 1.35. The Morgan fingerprint density at radius 1 is 0.943 bits per heavy atom. The van der Waals surface area contributed by atoms with Crippen molar-refractivity contribution in [1.82, 2.24) is 21.4 Å². The zero-order chi connectivity index (χ0) is 26.0. The van der Waals surface area contributed by atoms with Crippen LogP contribution in [0, 0.1) is 23.7 Å². The lowest BCUT2D eigenvalue weighted by Crippen LogP contribution is -2.69. The number of carbonyl (C=O) groups excluding carboxylic acids is 3. The van der Waals surface area contributed by atoms with Crippen molar-refractivity contribution in [2.24, 2.45) is 0 Å². The summed E-state index contributed by atoms with van der Waals surface area (Å²) in [6.07, 6.45) is -3.29. The number of rotatable bonds is 6. The molecule has 0 aromatic heterocycles. The zero-order valence-corrected chi connectivity index (χ0v) is 18.6. The number of amides is 4. The number of halogens is 2. The number of hydroxylamine groups is 1. The molecule has 11 heteroatoms. The quantitative estimate of drug-likeness (QED) is 0.209. The molecule has 182 valence electrons. The van der Waals surface area contributed by atoms with E-state index in [1.54, 1.807) is 12.1 Å². The second kappa shape index (κ2) is 12.0. The van der Waals surface area contributed by atoms with Crippen LogP contribution in [0.5, 0.6) is 5.75 Å². The van der Waals surface area contributed by atoms with Crippen molar-refractivity contribution in [2.45, 2.75) is 24.9 Å². The molecule has 1 unspecified atom stereocenters. The maximum Gasteiger partial charge on any atom is 0.315 e. The molecule has 0 heterocycles. The highest BCUT2D eigenvalue weighted by molar-refractivity contribution is 5.98. The molecular formula is C24H22F2N4O5. The average molecular weight is 484 g/mol. The van der Waals surface area contributed by atoms with Crippen LogP contribution < -0.4 is 21.4 Å². The summed E-state index contributed by atoms with van der Waals surface area (Å²) in [6.45, 7) is 0.852. The van der Waals surface area contributed by atoms with Crippen LogP contribution in [0.25, 0.3) is 0 Å². The summed E-state index contributed by atoms with van der Waals surface area (Å²) in [5, 5.41) is 24.4. The molecule has 2 aromatic rings. The monoisotopic (exact) mass is 484 g/mol. The van der Waals surface area contributed by atoms with Gasteiger partial charge in [0.2, 0.25) is 0 Å². The van der Waals surface area contributed by atoms with Crippen LogP contribution >= 0.6 is 0 Å². The smallest absolute Gasteiger partial charge is 0.315 e. The van der Waals surface area contributed by atoms with Crippen molar-refractivity contribution in [3.8, 4) is 29.4 Å². The Labute approximate surface area is 199 Å². The summed E-state index contributed by atoms with van der Waals surface area (Å²) in [4.78, 5) is 36.4. The van der Waals surface area contributed by atoms with E-state index in [1.807, 2.05) is 5.32 Å². The second-order valence-electron chi connectivity index (χ2n) is 7.29. The van der Waals surface area contributed by atoms with E-state index in [1.165, 1.54) is 48.9 Å². The normalized spacial score (nSPS) is 12.5. The fraction of sp³-hybridized carbons (Fsp3) is 0.208. The number of phenols is 1. The van der Waals surface area contributed by atoms with Gasteiger partial charge in [0.1, 0.15) is 17.3 Å². The third-order valence-corrected chi connectivity index (χ3v) is 4.80. The average Bonchev–Trinajstić information content (AvgIpc) is 2.85. The van der Waals surface area contributed by atoms with Gasteiger partial charge in [-0.25, -0.2) is 19.1 Å². The van der Waals surface area contributed by atoms with E-state index in [-0.39, 0.29) is 11.3 Å². The van der Waals surface area contributed by atoms with Crippen molar-refractivity contribution in [2.75, 3.05) is 7.05 Å². The highest BCUT2D eigenvalue weighted by atomic mass is 19.3. The molecule has 0 aliphatic rings. The molecular weight excluding hydrogens is 462 g/mol. The molecule has 2 aromatic carbocycles. The summed E-state index contributed by atoms with van der Waals surface area (Å²) >= 11 is 0. The minimum atomic E-state index is -3.29. The maximum absolute atomic E-state index is 13.8. The van der Waals surface area contributed by atoms with Crippen molar-refractivity contribution >= 4 is 17.8 Å².